The molecule has 0 unspecified atom stereocenters. The van der Waals surface area contributed by atoms with Crippen LogP contribution in [0.5, 0.6) is 0 Å². The van der Waals surface area contributed by atoms with Gasteiger partial charge in [0.15, 0.2) is 0 Å². The van der Waals surface area contributed by atoms with Gasteiger partial charge in [-0.1, -0.05) is 33.3 Å². The fourth-order valence-corrected chi connectivity index (χ4v) is 3.22. The van der Waals surface area contributed by atoms with Crippen LogP contribution in [0.2, 0.25) is 0 Å². The summed E-state index contributed by atoms with van der Waals surface area (Å²) in [5.74, 6) is 0.857. The van der Waals surface area contributed by atoms with Crippen molar-refractivity contribution in [2.75, 3.05) is 5.32 Å². The molecule has 0 atom stereocenters. The van der Waals surface area contributed by atoms with E-state index in [2.05, 4.69) is 38.2 Å². The third kappa shape index (κ3) is 3.54. The Bertz CT molecular complexity index is 476. The van der Waals surface area contributed by atoms with Crippen LogP contribution in [0.1, 0.15) is 58.4 Å². The first-order valence-corrected chi connectivity index (χ1v) is 7.82. The summed E-state index contributed by atoms with van der Waals surface area (Å²) >= 11 is 0. The van der Waals surface area contributed by atoms with E-state index < -0.39 is 0 Å². The van der Waals surface area contributed by atoms with Crippen molar-refractivity contribution in [1.82, 2.24) is 0 Å². The van der Waals surface area contributed by atoms with Crippen molar-refractivity contribution in [1.29, 1.82) is 5.26 Å². The first-order chi connectivity index (χ1) is 9.55. The molecule has 108 valence electrons. The maximum atomic E-state index is 8.94. The van der Waals surface area contributed by atoms with E-state index in [0.29, 0.717) is 11.5 Å². The van der Waals surface area contributed by atoms with E-state index in [1.54, 1.807) is 0 Å². The summed E-state index contributed by atoms with van der Waals surface area (Å²) in [6.45, 7) is 7.11. The third-order valence-corrected chi connectivity index (χ3v) is 5.11. The molecule has 0 saturated heterocycles. The molecular formula is C18H26N2. The maximum Gasteiger partial charge on any atom is 0.0992 e. The Kier molecular flexibility index (Phi) is 4.70. The van der Waals surface area contributed by atoms with E-state index in [9.17, 15) is 0 Å². The zero-order chi connectivity index (χ0) is 14.6. The molecule has 1 fully saturated rings. The van der Waals surface area contributed by atoms with Crippen LogP contribution < -0.4 is 5.32 Å². The number of nitrogens with one attached hydrogen (secondary N) is 1. The fraction of sp³-hybridized carbons (Fsp3) is 0.611. The van der Waals surface area contributed by atoms with Crippen LogP contribution in [0, 0.1) is 22.7 Å². The number of benzene rings is 1. The molecule has 1 saturated carbocycles. The van der Waals surface area contributed by atoms with Crippen LogP contribution in [-0.4, -0.2) is 6.04 Å². The molecule has 1 aromatic carbocycles. The monoisotopic (exact) mass is 270 g/mol. The van der Waals surface area contributed by atoms with Crippen LogP contribution in [0.3, 0.4) is 0 Å². The third-order valence-electron chi connectivity index (χ3n) is 5.11. The zero-order valence-corrected chi connectivity index (χ0v) is 12.9. The van der Waals surface area contributed by atoms with Gasteiger partial charge in [-0.05, 0) is 55.2 Å². The molecule has 2 nitrogen and oxygen atoms in total. The average Bonchev–Trinajstić information content (AvgIpc) is 2.48. The standard InChI is InChI=1S/C18H26N2/c1-4-18(2,3)15-8-10-16(11-9-15)20-17-7-5-6-14(12-17)13-19/h5-7,12,15-16,20H,4,8-11H2,1-3H3. The Morgan fingerprint density at radius 2 is 1.95 bits per heavy atom. The average molecular weight is 270 g/mol. The summed E-state index contributed by atoms with van der Waals surface area (Å²) in [4.78, 5) is 0. The van der Waals surface area contributed by atoms with Gasteiger partial charge in [-0.15, -0.1) is 0 Å². The number of nitriles is 1. The quantitative estimate of drug-likeness (QED) is 0.839. The van der Waals surface area contributed by atoms with Crippen molar-refractivity contribution < 1.29 is 0 Å². The highest BCUT2D eigenvalue weighted by Crippen LogP contribution is 2.40. The Labute approximate surface area is 123 Å². The van der Waals surface area contributed by atoms with Gasteiger partial charge < -0.3 is 5.32 Å². The number of rotatable bonds is 4. The first-order valence-electron chi connectivity index (χ1n) is 7.82. The molecule has 2 rings (SSSR count). The van der Waals surface area contributed by atoms with Gasteiger partial charge >= 0.3 is 0 Å². The van der Waals surface area contributed by atoms with Gasteiger partial charge in [-0.3, -0.25) is 0 Å². The minimum atomic E-state index is 0.478. The predicted octanol–water partition coefficient (Wildman–Crippen LogP) is 4.97. The second-order valence-electron chi connectivity index (χ2n) is 6.73. The van der Waals surface area contributed by atoms with Crippen LogP contribution in [0.4, 0.5) is 5.69 Å². The second-order valence-corrected chi connectivity index (χ2v) is 6.73. The summed E-state index contributed by atoms with van der Waals surface area (Å²) in [6, 6.07) is 10.6. The van der Waals surface area contributed by atoms with Crippen LogP contribution in [0.25, 0.3) is 0 Å². The molecule has 0 spiro atoms. The lowest BCUT2D eigenvalue weighted by molar-refractivity contribution is 0.147. The van der Waals surface area contributed by atoms with Crippen molar-refractivity contribution in [3.05, 3.63) is 29.8 Å². The van der Waals surface area contributed by atoms with Crippen LogP contribution >= 0.6 is 0 Å². The maximum absolute atomic E-state index is 8.94. The lowest BCUT2D eigenvalue weighted by Gasteiger charge is -2.39. The van der Waals surface area contributed by atoms with Crippen molar-refractivity contribution in [3.63, 3.8) is 0 Å². The van der Waals surface area contributed by atoms with Gasteiger partial charge in [0.1, 0.15) is 0 Å². The van der Waals surface area contributed by atoms with E-state index in [1.807, 2.05) is 18.2 Å². The van der Waals surface area contributed by atoms with Gasteiger partial charge in [0.2, 0.25) is 0 Å². The highest BCUT2D eigenvalue weighted by Gasteiger charge is 2.31. The molecule has 1 aliphatic rings. The molecule has 1 aromatic rings. The molecule has 0 aromatic heterocycles. The van der Waals surface area contributed by atoms with Gasteiger partial charge in [-0.2, -0.15) is 5.26 Å². The molecule has 0 heterocycles. The van der Waals surface area contributed by atoms with Gasteiger partial charge in [0, 0.05) is 11.7 Å². The molecule has 0 radical (unpaired) electrons. The van der Waals surface area contributed by atoms with E-state index in [-0.39, 0.29) is 0 Å². The largest absolute Gasteiger partial charge is 0.382 e. The molecule has 0 aliphatic heterocycles. The SMILES string of the molecule is CCC(C)(C)C1CCC(Nc2cccc(C#N)c2)CC1. The molecule has 0 amide bonds. The molecule has 20 heavy (non-hydrogen) atoms. The van der Waals surface area contributed by atoms with Gasteiger partial charge in [0.05, 0.1) is 11.6 Å². The predicted molar refractivity (Wildman–Crippen MR) is 84.6 cm³/mol. The van der Waals surface area contributed by atoms with E-state index in [1.165, 1.54) is 32.1 Å². The smallest absolute Gasteiger partial charge is 0.0992 e. The molecule has 1 N–H and O–H groups in total. The van der Waals surface area contributed by atoms with Crippen molar-refractivity contribution >= 4 is 5.69 Å². The van der Waals surface area contributed by atoms with Gasteiger partial charge in [0.25, 0.3) is 0 Å². The van der Waals surface area contributed by atoms with Crippen molar-refractivity contribution in [2.24, 2.45) is 11.3 Å². The molecule has 0 bridgehead atoms. The van der Waals surface area contributed by atoms with Crippen molar-refractivity contribution in [2.45, 2.75) is 58.9 Å². The summed E-state index contributed by atoms with van der Waals surface area (Å²) in [6.07, 6.45) is 6.38. The molecule has 1 aliphatic carbocycles. The summed E-state index contributed by atoms with van der Waals surface area (Å²) < 4.78 is 0. The Morgan fingerprint density at radius 3 is 2.55 bits per heavy atom. The summed E-state index contributed by atoms with van der Waals surface area (Å²) in [7, 11) is 0. The van der Waals surface area contributed by atoms with Gasteiger partial charge in [-0.25, -0.2) is 0 Å². The Morgan fingerprint density at radius 1 is 1.25 bits per heavy atom. The number of hydrogen-bond donors (Lipinski definition) is 1. The normalized spacial score (nSPS) is 23.1. The van der Waals surface area contributed by atoms with Crippen LogP contribution in [0.15, 0.2) is 24.3 Å². The van der Waals surface area contributed by atoms with E-state index >= 15 is 0 Å². The molecular weight excluding hydrogens is 244 g/mol. The second kappa shape index (κ2) is 6.31. The van der Waals surface area contributed by atoms with Crippen molar-refractivity contribution in [3.8, 4) is 6.07 Å². The van der Waals surface area contributed by atoms with Crippen LogP contribution in [-0.2, 0) is 0 Å². The highest BCUT2D eigenvalue weighted by molar-refractivity contribution is 5.49. The molecule has 2 heteroatoms. The minimum absolute atomic E-state index is 0.478. The fourth-order valence-electron chi connectivity index (χ4n) is 3.22. The summed E-state index contributed by atoms with van der Waals surface area (Å²) in [5.41, 5.74) is 2.30. The Hall–Kier alpha value is -1.49. The number of anilines is 1. The summed E-state index contributed by atoms with van der Waals surface area (Å²) in [5, 5.41) is 12.5. The zero-order valence-electron chi connectivity index (χ0n) is 12.9. The minimum Gasteiger partial charge on any atom is -0.382 e. The topological polar surface area (TPSA) is 35.8 Å². The Balaban J connectivity index is 1.90. The van der Waals surface area contributed by atoms with E-state index in [4.69, 9.17) is 5.26 Å². The number of hydrogen-bond acceptors (Lipinski definition) is 2. The number of nitrogens with zero attached hydrogens (tertiary/aromatic N) is 1. The lowest BCUT2D eigenvalue weighted by Crippen LogP contribution is -2.32. The van der Waals surface area contributed by atoms with E-state index in [0.717, 1.165) is 17.2 Å². The lowest BCUT2D eigenvalue weighted by atomic mass is 9.69. The first kappa shape index (κ1) is 14.9. The highest BCUT2D eigenvalue weighted by atomic mass is 14.9.